The zero-order chi connectivity index (χ0) is 17.4. The van der Waals surface area contributed by atoms with Crippen molar-refractivity contribution < 1.29 is 26.4 Å². The summed E-state index contributed by atoms with van der Waals surface area (Å²) in [5, 5.41) is 3.33. The molecule has 0 unspecified atom stereocenters. The third kappa shape index (κ3) is 4.06. The summed E-state index contributed by atoms with van der Waals surface area (Å²) in [4.78, 5) is 22.1. The number of hydrogen-bond donors (Lipinski definition) is 1. The number of aryl methyl sites for hydroxylation is 1. The van der Waals surface area contributed by atoms with Crippen LogP contribution in [-0.2, 0) is 23.2 Å². The molecule has 1 heterocycles. The molecule has 24 heavy (non-hydrogen) atoms. The van der Waals surface area contributed by atoms with E-state index < -0.39 is 38.4 Å². The van der Waals surface area contributed by atoms with Crippen molar-refractivity contribution in [2.24, 2.45) is 7.05 Å². The summed E-state index contributed by atoms with van der Waals surface area (Å²) in [6, 6.07) is 1.84. The Morgan fingerprint density at radius 2 is 1.83 bits per heavy atom. The number of carbonyl (C=O) groups excluding carboxylic acids is 1. The minimum absolute atomic E-state index is 0. The summed E-state index contributed by atoms with van der Waals surface area (Å²) in [7, 11) is -3.60. The van der Waals surface area contributed by atoms with Gasteiger partial charge < -0.3 is 0 Å². The number of amides is 1. The molecule has 0 saturated carbocycles. The van der Waals surface area contributed by atoms with Crippen LogP contribution in [-0.4, -0.2) is 58.4 Å². The van der Waals surface area contributed by atoms with E-state index in [0.717, 1.165) is 23.0 Å². The van der Waals surface area contributed by atoms with Crippen LogP contribution in [0.2, 0.25) is 0 Å². The van der Waals surface area contributed by atoms with Gasteiger partial charge in [-0.1, -0.05) is 12.1 Å². The second kappa shape index (κ2) is 7.09. The van der Waals surface area contributed by atoms with Gasteiger partial charge in [-0.25, -0.2) is 22.7 Å². The Morgan fingerprint density at radius 3 is 2.33 bits per heavy atom. The van der Waals surface area contributed by atoms with Crippen LogP contribution in [0.1, 0.15) is 5.56 Å². The Labute approximate surface area is 155 Å². The van der Waals surface area contributed by atoms with E-state index in [9.17, 15) is 31.2 Å². The van der Waals surface area contributed by atoms with Gasteiger partial charge in [0.15, 0.2) is 0 Å². The summed E-state index contributed by atoms with van der Waals surface area (Å²) in [5.74, 6) is 0. The summed E-state index contributed by atoms with van der Waals surface area (Å²) in [5.41, 5.74) is -2.39. The molecule has 0 fully saturated rings. The minimum atomic E-state index is -4.93. The molecule has 1 N–H and O–H groups in total. The topological polar surface area (TPSA) is 103 Å². The van der Waals surface area contributed by atoms with Gasteiger partial charge in [-0.05, 0) is 12.1 Å². The normalized spacial score (nSPS) is 11.7. The van der Waals surface area contributed by atoms with Gasteiger partial charge in [-0.2, -0.15) is 13.2 Å². The number of sulfonamides is 1. The molecule has 0 spiro atoms. The SMILES string of the molecule is Cn1cnn(C(=O)NS(=O)(=O)c2ccccc2C(F)(F)F)c1=O.[NaH]. The molecule has 126 valence electrons. The van der Waals surface area contributed by atoms with E-state index in [1.807, 2.05) is 0 Å². The number of carbonyl (C=O) groups is 1. The third-order valence-corrected chi connectivity index (χ3v) is 4.10. The van der Waals surface area contributed by atoms with Crippen LogP contribution < -0.4 is 10.4 Å². The van der Waals surface area contributed by atoms with E-state index in [0.29, 0.717) is 12.1 Å². The second-order valence-electron chi connectivity index (χ2n) is 4.34. The number of rotatable bonds is 2. The number of benzene rings is 1. The Hall–Kier alpha value is -1.63. The number of aromatic nitrogens is 3. The Bertz CT molecular complexity index is 920. The summed E-state index contributed by atoms with van der Waals surface area (Å²) < 4.78 is 65.0. The van der Waals surface area contributed by atoms with Crippen LogP contribution in [0.4, 0.5) is 18.0 Å². The Balaban J connectivity index is 0.00000288. The molecule has 13 heteroatoms. The van der Waals surface area contributed by atoms with Crippen LogP contribution in [0.25, 0.3) is 0 Å². The molecule has 0 saturated heterocycles. The first-order valence-electron chi connectivity index (χ1n) is 5.88. The van der Waals surface area contributed by atoms with Crippen LogP contribution in [0, 0.1) is 0 Å². The fourth-order valence-electron chi connectivity index (χ4n) is 1.66. The molecule has 0 aliphatic carbocycles. The zero-order valence-electron chi connectivity index (χ0n) is 11.4. The molecule has 0 aliphatic heterocycles. The predicted octanol–water partition coefficient (Wildman–Crippen LogP) is -0.101. The number of nitrogens with zero attached hydrogens (tertiary/aromatic N) is 3. The van der Waals surface area contributed by atoms with E-state index in [2.05, 4.69) is 5.10 Å². The van der Waals surface area contributed by atoms with E-state index in [4.69, 9.17) is 0 Å². The van der Waals surface area contributed by atoms with Crippen molar-refractivity contribution in [1.82, 2.24) is 19.1 Å². The maximum absolute atomic E-state index is 12.9. The van der Waals surface area contributed by atoms with Crippen molar-refractivity contribution in [2.75, 3.05) is 0 Å². The molecular formula is C11H10F3N4NaO4S. The van der Waals surface area contributed by atoms with Crippen LogP contribution >= 0.6 is 0 Å². The quantitative estimate of drug-likeness (QED) is 0.740. The standard InChI is InChI=1S/C11H9F3N4O4S.Na.H/c1-17-6-15-18(10(17)20)9(19)16-23(21,22)8-5-3-2-4-7(8)11(12,13)14;;/h2-6H,1H3,(H,16,19);;. The first kappa shape index (κ1) is 20.4. The molecule has 0 aliphatic rings. The van der Waals surface area contributed by atoms with Gasteiger partial charge in [0, 0.05) is 7.05 Å². The van der Waals surface area contributed by atoms with Gasteiger partial charge in [0.05, 0.1) is 10.5 Å². The van der Waals surface area contributed by atoms with Crippen molar-refractivity contribution in [2.45, 2.75) is 11.1 Å². The zero-order valence-corrected chi connectivity index (χ0v) is 12.2. The molecule has 8 nitrogen and oxygen atoms in total. The predicted molar refractivity (Wildman–Crippen MR) is 77.2 cm³/mol. The third-order valence-electron chi connectivity index (χ3n) is 2.72. The van der Waals surface area contributed by atoms with Gasteiger partial charge in [0.2, 0.25) is 0 Å². The van der Waals surface area contributed by atoms with E-state index in [1.54, 1.807) is 0 Å². The average Bonchev–Trinajstić information content (AvgIpc) is 2.78. The fourth-order valence-corrected chi connectivity index (χ4v) is 2.82. The Morgan fingerprint density at radius 1 is 1.25 bits per heavy atom. The van der Waals surface area contributed by atoms with Crippen LogP contribution in [0.5, 0.6) is 0 Å². The van der Waals surface area contributed by atoms with Gasteiger partial charge in [0.1, 0.15) is 6.33 Å². The molecule has 0 bridgehead atoms. The van der Waals surface area contributed by atoms with Crippen molar-refractivity contribution in [1.29, 1.82) is 0 Å². The monoisotopic (exact) mass is 374 g/mol. The van der Waals surface area contributed by atoms with Crippen molar-refractivity contribution in [3.63, 3.8) is 0 Å². The molecule has 0 radical (unpaired) electrons. The van der Waals surface area contributed by atoms with Crippen LogP contribution in [0.3, 0.4) is 0 Å². The number of nitrogens with one attached hydrogen (secondary N) is 1. The summed E-state index contributed by atoms with van der Waals surface area (Å²) in [6.07, 6.45) is -3.99. The van der Waals surface area contributed by atoms with Crippen molar-refractivity contribution >= 4 is 45.6 Å². The van der Waals surface area contributed by atoms with E-state index in [1.165, 1.54) is 11.8 Å². The number of hydrogen-bond acceptors (Lipinski definition) is 5. The van der Waals surface area contributed by atoms with E-state index in [-0.39, 0.29) is 34.2 Å². The van der Waals surface area contributed by atoms with Gasteiger partial charge in [0.25, 0.3) is 10.0 Å². The molecule has 1 aromatic carbocycles. The van der Waals surface area contributed by atoms with Crippen molar-refractivity contribution in [3.8, 4) is 0 Å². The maximum atomic E-state index is 12.9. The summed E-state index contributed by atoms with van der Waals surface area (Å²) >= 11 is 0. The van der Waals surface area contributed by atoms with Crippen LogP contribution in [0.15, 0.2) is 40.3 Å². The average molecular weight is 374 g/mol. The number of alkyl halides is 3. The van der Waals surface area contributed by atoms with Gasteiger partial charge in [-0.3, -0.25) is 4.57 Å². The molecular weight excluding hydrogens is 364 g/mol. The first-order valence-corrected chi connectivity index (χ1v) is 7.36. The van der Waals surface area contributed by atoms with E-state index >= 15 is 0 Å². The molecule has 0 atom stereocenters. The Kier molecular flexibility index (Phi) is 6.03. The molecule has 2 rings (SSSR count). The fraction of sp³-hybridized carbons (Fsp3) is 0.182. The van der Waals surface area contributed by atoms with Gasteiger partial charge in [-0.15, -0.1) is 9.78 Å². The number of halogens is 3. The molecule has 2 aromatic rings. The molecule has 1 amide bonds. The van der Waals surface area contributed by atoms with Crippen molar-refractivity contribution in [3.05, 3.63) is 46.6 Å². The van der Waals surface area contributed by atoms with Gasteiger partial charge >= 0.3 is 47.5 Å². The molecule has 1 aromatic heterocycles. The summed E-state index contributed by atoms with van der Waals surface area (Å²) in [6.45, 7) is 0. The first-order chi connectivity index (χ1) is 10.5. The second-order valence-corrected chi connectivity index (χ2v) is 5.99.